The van der Waals surface area contributed by atoms with E-state index in [-0.39, 0.29) is 0 Å². The first kappa shape index (κ1) is 17.4. The summed E-state index contributed by atoms with van der Waals surface area (Å²) >= 11 is 0. The lowest BCUT2D eigenvalue weighted by Gasteiger charge is -2.17. The van der Waals surface area contributed by atoms with E-state index in [4.69, 9.17) is 9.47 Å². The van der Waals surface area contributed by atoms with Gasteiger partial charge in [0.1, 0.15) is 17.2 Å². The molecule has 3 heteroatoms. The van der Waals surface area contributed by atoms with Crippen molar-refractivity contribution in [2.24, 2.45) is 0 Å². The van der Waals surface area contributed by atoms with Gasteiger partial charge in [-0.25, -0.2) is 0 Å². The van der Waals surface area contributed by atoms with Crippen molar-refractivity contribution in [1.29, 1.82) is 0 Å². The first-order valence-corrected chi connectivity index (χ1v) is 8.50. The van der Waals surface area contributed by atoms with Gasteiger partial charge in [-0.3, -0.25) is 0 Å². The second kappa shape index (κ2) is 9.90. The van der Waals surface area contributed by atoms with Gasteiger partial charge in [0.05, 0.1) is 6.61 Å². The maximum atomic E-state index is 5.83. The maximum absolute atomic E-state index is 5.83. The summed E-state index contributed by atoms with van der Waals surface area (Å²) in [5.74, 6) is 2.50. The van der Waals surface area contributed by atoms with E-state index >= 15 is 0 Å². The van der Waals surface area contributed by atoms with Crippen LogP contribution in [0.5, 0.6) is 17.2 Å². The lowest BCUT2D eigenvalue weighted by Crippen LogP contribution is -2.24. The molecule has 124 valence electrons. The molecule has 23 heavy (non-hydrogen) atoms. The zero-order valence-corrected chi connectivity index (χ0v) is 14.2. The molecule has 2 aromatic carbocycles. The average molecular weight is 313 g/mol. The third kappa shape index (κ3) is 6.33. The number of benzene rings is 2. The molecule has 0 aliphatic heterocycles. The summed E-state index contributed by atoms with van der Waals surface area (Å²) < 4.78 is 11.7. The number of unbranched alkanes of at least 4 members (excludes halogenated alkanes) is 1. The van der Waals surface area contributed by atoms with Crippen LogP contribution in [0.3, 0.4) is 0 Å². The molecule has 2 rings (SSSR count). The molecule has 0 bridgehead atoms. The molecule has 0 aliphatic rings. The van der Waals surface area contributed by atoms with Crippen molar-refractivity contribution in [2.75, 3.05) is 26.2 Å². The third-order valence-corrected chi connectivity index (χ3v) is 3.82. The molecule has 0 N–H and O–H groups in total. The maximum Gasteiger partial charge on any atom is 0.131 e. The quantitative estimate of drug-likeness (QED) is 0.577. The first-order chi connectivity index (χ1) is 11.3. The van der Waals surface area contributed by atoms with E-state index in [1.165, 1.54) is 6.42 Å². The topological polar surface area (TPSA) is 21.7 Å². The highest BCUT2D eigenvalue weighted by Gasteiger charge is 2.01. The summed E-state index contributed by atoms with van der Waals surface area (Å²) in [6, 6.07) is 17.6. The Balaban J connectivity index is 1.75. The van der Waals surface area contributed by atoms with Gasteiger partial charge in [-0.05, 0) is 56.7 Å². The van der Waals surface area contributed by atoms with E-state index in [0.717, 1.165) is 49.9 Å². The second-order valence-electron chi connectivity index (χ2n) is 5.47. The molecule has 0 radical (unpaired) electrons. The predicted octanol–water partition coefficient (Wildman–Crippen LogP) is 4.98. The molecule has 0 heterocycles. The zero-order valence-electron chi connectivity index (χ0n) is 14.2. The largest absolute Gasteiger partial charge is 0.493 e. The molecule has 0 saturated heterocycles. The summed E-state index contributed by atoms with van der Waals surface area (Å²) in [4.78, 5) is 2.44. The predicted molar refractivity (Wildman–Crippen MR) is 95.5 cm³/mol. The Morgan fingerprint density at radius 2 is 1.48 bits per heavy atom. The number of ether oxygens (including phenoxy) is 2. The van der Waals surface area contributed by atoms with Crippen LogP contribution in [0.1, 0.15) is 26.7 Å². The smallest absolute Gasteiger partial charge is 0.131 e. The fraction of sp³-hybridized carbons (Fsp3) is 0.400. The molecule has 0 spiro atoms. The van der Waals surface area contributed by atoms with E-state index in [1.54, 1.807) is 0 Å². The fourth-order valence-electron chi connectivity index (χ4n) is 2.42. The van der Waals surface area contributed by atoms with Crippen LogP contribution in [0.15, 0.2) is 54.6 Å². The molecule has 2 aromatic rings. The second-order valence-corrected chi connectivity index (χ2v) is 5.47. The van der Waals surface area contributed by atoms with Crippen LogP contribution >= 0.6 is 0 Å². The molecule has 3 nitrogen and oxygen atoms in total. The molecule has 0 fully saturated rings. The molecular weight excluding hydrogens is 286 g/mol. The van der Waals surface area contributed by atoms with Crippen molar-refractivity contribution in [2.45, 2.75) is 26.7 Å². The van der Waals surface area contributed by atoms with Gasteiger partial charge >= 0.3 is 0 Å². The van der Waals surface area contributed by atoms with Crippen molar-refractivity contribution < 1.29 is 9.47 Å². The molecule has 0 saturated carbocycles. The van der Waals surface area contributed by atoms with Gasteiger partial charge < -0.3 is 14.4 Å². The molecule has 0 atom stereocenters. The highest BCUT2D eigenvalue weighted by atomic mass is 16.5. The van der Waals surface area contributed by atoms with Crippen molar-refractivity contribution in [3.63, 3.8) is 0 Å². The van der Waals surface area contributed by atoms with Gasteiger partial charge in [0.15, 0.2) is 0 Å². The average Bonchev–Trinajstić information content (AvgIpc) is 2.59. The van der Waals surface area contributed by atoms with Crippen LogP contribution in [0.2, 0.25) is 0 Å². The number of rotatable bonds is 10. The highest BCUT2D eigenvalue weighted by molar-refractivity contribution is 5.36. The Hall–Kier alpha value is -2.00. The van der Waals surface area contributed by atoms with Crippen LogP contribution < -0.4 is 9.47 Å². The van der Waals surface area contributed by atoms with Crippen LogP contribution in [-0.2, 0) is 0 Å². The van der Waals surface area contributed by atoms with E-state index in [2.05, 4.69) is 18.7 Å². The van der Waals surface area contributed by atoms with Gasteiger partial charge in [-0.15, -0.1) is 0 Å². The van der Waals surface area contributed by atoms with Crippen LogP contribution in [0, 0.1) is 0 Å². The van der Waals surface area contributed by atoms with Gasteiger partial charge in [0, 0.05) is 6.07 Å². The summed E-state index contributed by atoms with van der Waals surface area (Å²) in [6.07, 6.45) is 2.24. The molecule has 0 aliphatic carbocycles. The van der Waals surface area contributed by atoms with Crippen molar-refractivity contribution in [3.8, 4) is 17.2 Å². The van der Waals surface area contributed by atoms with Gasteiger partial charge in [-0.2, -0.15) is 0 Å². The zero-order chi connectivity index (χ0) is 16.3. The Bertz CT molecular complexity index is 553. The monoisotopic (exact) mass is 313 g/mol. The van der Waals surface area contributed by atoms with Gasteiger partial charge in [0.2, 0.25) is 0 Å². The van der Waals surface area contributed by atoms with Crippen molar-refractivity contribution in [1.82, 2.24) is 4.90 Å². The normalized spacial score (nSPS) is 10.7. The lowest BCUT2D eigenvalue weighted by molar-refractivity contribution is 0.265. The summed E-state index contributed by atoms with van der Waals surface area (Å²) in [6.45, 7) is 8.55. The first-order valence-electron chi connectivity index (χ1n) is 8.50. The molecule has 0 unspecified atom stereocenters. The van der Waals surface area contributed by atoms with Crippen LogP contribution in [-0.4, -0.2) is 31.1 Å². The Labute approximate surface area is 139 Å². The van der Waals surface area contributed by atoms with E-state index in [0.29, 0.717) is 0 Å². The molecule has 0 aromatic heterocycles. The summed E-state index contributed by atoms with van der Waals surface area (Å²) in [7, 11) is 0. The molecule has 0 amide bonds. The Kier molecular flexibility index (Phi) is 7.47. The highest BCUT2D eigenvalue weighted by Crippen LogP contribution is 2.25. The number of nitrogens with zero attached hydrogens (tertiary/aromatic N) is 1. The fourth-order valence-corrected chi connectivity index (χ4v) is 2.42. The minimum Gasteiger partial charge on any atom is -0.493 e. The van der Waals surface area contributed by atoms with E-state index in [9.17, 15) is 0 Å². The van der Waals surface area contributed by atoms with Gasteiger partial charge in [0.25, 0.3) is 0 Å². The van der Waals surface area contributed by atoms with Crippen LogP contribution in [0.4, 0.5) is 0 Å². The van der Waals surface area contributed by atoms with Crippen molar-refractivity contribution >= 4 is 0 Å². The summed E-state index contributed by atoms with van der Waals surface area (Å²) in [5, 5.41) is 0. The standard InChI is InChI=1S/C20H27NO2/c1-3-21(4-2)15-8-9-16-22-19-13-10-14-20(17-19)23-18-11-6-5-7-12-18/h5-7,10-14,17H,3-4,8-9,15-16H2,1-2H3. The third-order valence-electron chi connectivity index (χ3n) is 3.82. The number of hydrogen-bond acceptors (Lipinski definition) is 3. The van der Waals surface area contributed by atoms with Gasteiger partial charge in [-0.1, -0.05) is 38.1 Å². The van der Waals surface area contributed by atoms with Crippen molar-refractivity contribution in [3.05, 3.63) is 54.6 Å². The Morgan fingerprint density at radius 1 is 0.783 bits per heavy atom. The van der Waals surface area contributed by atoms with E-state index < -0.39 is 0 Å². The SMILES string of the molecule is CCN(CC)CCCCOc1cccc(Oc2ccccc2)c1. The van der Waals surface area contributed by atoms with E-state index in [1.807, 2.05) is 54.6 Å². The Morgan fingerprint density at radius 3 is 2.22 bits per heavy atom. The molecular formula is C20H27NO2. The minimum absolute atomic E-state index is 0.746. The number of hydrogen-bond donors (Lipinski definition) is 0. The minimum atomic E-state index is 0.746. The lowest BCUT2D eigenvalue weighted by atomic mass is 10.3. The summed E-state index contributed by atoms with van der Waals surface area (Å²) in [5.41, 5.74) is 0. The number of para-hydroxylation sites is 1. The van der Waals surface area contributed by atoms with Crippen LogP contribution in [0.25, 0.3) is 0 Å².